The lowest BCUT2D eigenvalue weighted by Gasteiger charge is -1.99. The molecule has 16 heavy (non-hydrogen) atoms. The van der Waals surface area contributed by atoms with E-state index in [1.54, 1.807) is 18.6 Å². The summed E-state index contributed by atoms with van der Waals surface area (Å²) in [7, 11) is 0. The molecule has 4 nitrogen and oxygen atoms in total. The smallest absolute Gasteiger partial charge is 0.345 e. The highest BCUT2D eigenvalue weighted by Gasteiger charge is 2.06. The van der Waals surface area contributed by atoms with E-state index >= 15 is 0 Å². The Bertz CT molecular complexity index is 461. The second-order valence-electron chi connectivity index (χ2n) is 3.31. The van der Waals surface area contributed by atoms with E-state index in [-0.39, 0.29) is 0 Å². The highest BCUT2D eigenvalue weighted by Crippen LogP contribution is 2.16. The average molecular weight is 237 g/mol. The summed E-state index contributed by atoms with van der Waals surface area (Å²) in [5.74, 6) is -0.869. The molecule has 0 atom stereocenters. The van der Waals surface area contributed by atoms with Crippen LogP contribution in [0.15, 0.2) is 35.1 Å². The first-order chi connectivity index (χ1) is 7.75. The standard InChI is InChI=1S/C11H11NO3S/c13-11(14)10-2-1-9(16-10)6-12-5-8-3-4-15-7-8/h1-4,7,12H,5-6H2,(H,13,14). The van der Waals surface area contributed by atoms with E-state index in [1.165, 1.54) is 11.3 Å². The van der Waals surface area contributed by atoms with Gasteiger partial charge in [-0.25, -0.2) is 4.79 Å². The third-order valence-corrected chi connectivity index (χ3v) is 3.15. The number of hydrogen-bond donors (Lipinski definition) is 2. The highest BCUT2D eigenvalue weighted by atomic mass is 32.1. The van der Waals surface area contributed by atoms with Crippen molar-refractivity contribution in [1.29, 1.82) is 0 Å². The van der Waals surface area contributed by atoms with Crippen LogP contribution >= 0.6 is 11.3 Å². The van der Waals surface area contributed by atoms with E-state index < -0.39 is 5.97 Å². The van der Waals surface area contributed by atoms with E-state index in [2.05, 4.69) is 5.32 Å². The lowest BCUT2D eigenvalue weighted by Crippen LogP contribution is -2.10. The highest BCUT2D eigenvalue weighted by molar-refractivity contribution is 7.13. The Hall–Kier alpha value is -1.59. The Kier molecular flexibility index (Phi) is 3.38. The maximum atomic E-state index is 10.7. The number of carbonyl (C=O) groups is 1. The van der Waals surface area contributed by atoms with Crippen molar-refractivity contribution in [3.8, 4) is 0 Å². The number of nitrogens with one attached hydrogen (secondary N) is 1. The lowest BCUT2D eigenvalue weighted by molar-refractivity contribution is 0.0702. The first-order valence-electron chi connectivity index (χ1n) is 4.79. The fraction of sp³-hybridized carbons (Fsp3) is 0.182. The first-order valence-corrected chi connectivity index (χ1v) is 5.61. The summed E-state index contributed by atoms with van der Waals surface area (Å²) < 4.78 is 4.94. The van der Waals surface area contributed by atoms with Crippen molar-refractivity contribution in [3.05, 3.63) is 46.0 Å². The van der Waals surface area contributed by atoms with Crippen LogP contribution in [-0.2, 0) is 13.1 Å². The molecular formula is C11H11NO3S. The summed E-state index contributed by atoms with van der Waals surface area (Å²) in [5, 5.41) is 12.0. The van der Waals surface area contributed by atoms with Crippen LogP contribution in [0.3, 0.4) is 0 Å². The van der Waals surface area contributed by atoms with Crippen LogP contribution in [0.4, 0.5) is 0 Å². The van der Waals surface area contributed by atoms with Gasteiger partial charge in [0.05, 0.1) is 12.5 Å². The van der Waals surface area contributed by atoms with Crippen LogP contribution in [0, 0.1) is 0 Å². The molecular weight excluding hydrogens is 226 g/mol. The molecule has 2 heterocycles. The maximum Gasteiger partial charge on any atom is 0.345 e. The molecule has 0 fully saturated rings. The molecule has 0 aliphatic rings. The molecule has 84 valence electrons. The monoisotopic (exact) mass is 237 g/mol. The Morgan fingerprint density at radius 3 is 2.88 bits per heavy atom. The molecule has 0 spiro atoms. The Balaban J connectivity index is 1.83. The fourth-order valence-corrected chi connectivity index (χ4v) is 2.13. The van der Waals surface area contributed by atoms with Gasteiger partial charge in [0.15, 0.2) is 0 Å². The van der Waals surface area contributed by atoms with Crippen molar-refractivity contribution in [2.75, 3.05) is 0 Å². The van der Waals surface area contributed by atoms with Crippen LogP contribution < -0.4 is 5.32 Å². The Morgan fingerprint density at radius 1 is 1.38 bits per heavy atom. The molecule has 0 unspecified atom stereocenters. The van der Waals surface area contributed by atoms with E-state index in [1.807, 2.05) is 12.1 Å². The van der Waals surface area contributed by atoms with Gasteiger partial charge in [0.1, 0.15) is 4.88 Å². The van der Waals surface area contributed by atoms with Gasteiger partial charge in [-0.15, -0.1) is 11.3 Å². The topological polar surface area (TPSA) is 62.5 Å². The van der Waals surface area contributed by atoms with Crippen LogP contribution in [0.5, 0.6) is 0 Å². The molecule has 0 aliphatic carbocycles. The molecule has 0 aliphatic heterocycles. The fourth-order valence-electron chi connectivity index (χ4n) is 1.31. The summed E-state index contributed by atoms with van der Waals surface area (Å²) in [4.78, 5) is 12.0. The van der Waals surface area contributed by atoms with Crippen molar-refractivity contribution in [3.63, 3.8) is 0 Å². The third-order valence-electron chi connectivity index (χ3n) is 2.08. The zero-order valence-corrected chi connectivity index (χ0v) is 9.29. The second kappa shape index (κ2) is 4.96. The number of thiophene rings is 1. The Morgan fingerprint density at radius 2 is 2.25 bits per heavy atom. The molecule has 2 N–H and O–H groups in total. The normalized spacial score (nSPS) is 10.5. The van der Waals surface area contributed by atoms with E-state index in [0.29, 0.717) is 11.4 Å². The molecule has 5 heteroatoms. The number of aromatic carboxylic acids is 1. The van der Waals surface area contributed by atoms with E-state index in [9.17, 15) is 4.79 Å². The van der Waals surface area contributed by atoms with E-state index in [0.717, 1.165) is 17.0 Å². The number of carboxylic acids is 1. The largest absolute Gasteiger partial charge is 0.477 e. The number of rotatable bonds is 5. The van der Waals surface area contributed by atoms with Gasteiger partial charge in [0, 0.05) is 23.5 Å². The SMILES string of the molecule is O=C(O)c1ccc(CNCc2ccoc2)s1. The minimum atomic E-state index is -0.869. The van der Waals surface area contributed by atoms with Gasteiger partial charge in [-0.05, 0) is 18.2 Å². The van der Waals surface area contributed by atoms with Crippen LogP contribution in [0.1, 0.15) is 20.1 Å². The predicted octanol–water partition coefficient (Wildman–Crippen LogP) is 2.33. The molecule has 0 radical (unpaired) electrons. The maximum absolute atomic E-state index is 10.7. The summed E-state index contributed by atoms with van der Waals surface area (Å²) in [6.45, 7) is 1.39. The second-order valence-corrected chi connectivity index (χ2v) is 4.47. The number of carboxylic acid groups (broad SMARTS) is 1. The summed E-state index contributed by atoms with van der Waals surface area (Å²) in [6.07, 6.45) is 3.31. The van der Waals surface area contributed by atoms with Crippen molar-refractivity contribution in [1.82, 2.24) is 5.32 Å². The molecule has 2 rings (SSSR count). The van der Waals surface area contributed by atoms with Crippen LogP contribution in [-0.4, -0.2) is 11.1 Å². The van der Waals surface area contributed by atoms with Crippen molar-refractivity contribution in [2.24, 2.45) is 0 Å². The van der Waals surface area contributed by atoms with Gasteiger partial charge in [0.25, 0.3) is 0 Å². The zero-order chi connectivity index (χ0) is 11.4. The number of hydrogen-bond acceptors (Lipinski definition) is 4. The minimum absolute atomic E-state index is 0.375. The molecule has 0 bridgehead atoms. The predicted molar refractivity (Wildman–Crippen MR) is 60.5 cm³/mol. The average Bonchev–Trinajstić information content (AvgIpc) is 2.87. The van der Waals surface area contributed by atoms with Gasteiger partial charge < -0.3 is 14.8 Å². The van der Waals surface area contributed by atoms with Gasteiger partial charge >= 0.3 is 5.97 Å². The number of furan rings is 1. The lowest BCUT2D eigenvalue weighted by atomic mass is 10.3. The van der Waals surface area contributed by atoms with E-state index in [4.69, 9.17) is 9.52 Å². The molecule has 0 saturated carbocycles. The molecule has 2 aromatic rings. The van der Waals surface area contributed by atoms with Gasteiger partial charge in [-0.2, -0.15) is 0 Å². The van der Waals surface area contributed by atoms with Crippen molar-refractivity contribution in [2.45, 2.75) is 13.1 Å². The van der Waals surface area contributed by atoms with Crippen molar-refractivity contribution >= 4 is 17.3 Å². The molecule has 0 saturated heterocycles. The minimum Gasteiger partial charge on any atom is -0.477 e. The quantitative estimate of drug-likeness (QED) is 0.837. The summed E-state index contributed by atoms with van der Waals surface area (Å²) >= 11 is 1.29. The van der Waals surface area contributed by atoms with Gasteiger partial charge in [-0.3, -0.25) is 0 Å². The van der Waals surface area contributed by atoms with Crippen LogP contribution in [0.25, 0.3) is 0 Å². The Labute approximate surface area is 96.5 Å². The summed E-state index contributed by atoms with van der Waals surface area (Å²) in [6, 6.07) is 5.35. The van der Waals surface area contributed by atoms with Crippen LogP contribution in [0.2, 0.25) is 0 Å². The molecule has 0 aromatic carbocycles. The van der Waals surface area contributed by atoms with Gasteiger partial charge in [-0.1, -0.05) is 0 Å². The van der Waals surface area contributed by atoms with Gasteiger partial charge in [0.2, 0.25) is 0 Å². The molecule has 2 aromatic heterocycles. The van der Waals surface area contributed by atoms with Crippen molar-refractivity contribution < 1.29 is 14.3 Å². The molecule has 0 amide bonds. The zero-order valence-electron chi connectivity index (χ0n) is 8.47. The first kappa shape index (κ1) is 10.9. The summed E-state index contributed by atoms with van der Waals surface area (Å²) in [5.41, 5.74) is 1.08. The third kappa shape index (κ3) is 2.71.